The molecule has 0 aliphatic heterocycles. The zero-order valence-corrected chi connectivity index (χ0v) is 34.0. The van der Waals surface area contributed by atoms with E-state index in [1.54, 1.807) is 11.3 Å². The molecule has 2 nitrogen and oxygen atoms in total. The van der Waals surface area contributed by atoms with Crippen LogP contribution in [-0.4, -0.2) is 23.2 Å². The van der Waals surface area contributed by atoms with Crippen LogP contribution in [-0.2, 0) is 20.1 Å². The topological polar surface area (TPSA) is 25.8 Å². The molecule has 1 atom stereocenters. The first kappa shape index (κ1) is 34.5. The largest absolute Gasteiger partial charge is 0.305 e. The Bertz CT molecular complexity index is 2190. The summed E-state index contributed by atoms with van der Waals surface area (Å²) in [6.45, 7) is 8.36. The number of nitrogens with zero attached hydrogens (tertiary/aromatic N) is 2. The summed E-state index contributed by atoms with van der Waals surface area (Å²) in [5.41, 5.74) is 8.82. The van der Waals surface area contributed by atoms with Gasteiger partial charge in [0.15, 0.2) is 0 Å². The summed E-state index contributed by atoms with van der Waals surface area (Å²) in [7, 11) is 0. The fraction of sp³-hybridized carbons (Fsp3) is 0.209. The number of hydrogen-bond donors (Lipinski definition) is 0. The molecular formula is C43H42GeIrN2S-2. The molecule has 4 aromatic carbocycles. The van der Waals surface area contributed by atoms with Crippen molar-refractivity contribution in [1.82, 2.24) is 9.97 Å². The van der Waals surface area contributed by atoms with Crippen LogP contribution in [0.3, 0.4) is 0 Å². The number of aryl methyl sites for hydroxylation is 1. The van der Waals surface area contributed by atoms with Gasteiger partial charge in [-0.05, 0) is 50.9 Å². The summed E-state index contributed by atoms with van der Waals surface area (Å²) < 4.78 is 12.8. The fourth-order valence-electron chi connectivity index (χ4n) is 5.93. The molecule has 1 radical (unpaired) electrons. The average Bonchev–Trinajstić information content (AvgIpc) is 3.47. The third kappa shape index (κ3) is 7.90. The van der Waals surface area contributed by atoms with Crippen molar-refractivity contribution in [2.75, 3.05) is 0 Å². The number of thiophene rings is 1. The average molecular weight is 885 g/mol. The molecule has 0 N–H and O–H groups in total. The number of hydrogen-bond acceptors (Lipinski definition) is 3. The second-order valence-electron chi connectivity index (χ2n) is 13.5. The molecule has 5 heteroatoms. The van der Waals surface area contributed by atoms with Gasteiger partial charge in [-0.1, -0.05) is 80.3 Å². The van der Waals surface area contributed by atoms with Crippen LogP contribution in [0.15, 0.2) is 116 Å². The van der Waals surface area contributed by atoms with Crippen molar-refractivity contribution < 1.29 is 21.5 Å². The molecule has 0 spiro atoms. The van der Waals surface area contributed by atoms with Crippen LogP contribution in [0.1, 0.15) is 39.2 Å². The van der Waals surface area contributed by atoms with Crippen LogP contribution in [0.4, 0.5) is 0 Å². The van der Waals surface area contributed by atoms with Gasteiger partial charge in [0.2, 0.25) is 0 Å². The maximum atomic E-state index is 8.80. The van der Waals surface area contributed by atoms with Gasteiger partial charge in [-0.3, -0.25) is 0 Å². The number of fused-ring (bicyclic) bond motifs is 3. The Morgan fingerprint density at radius 3 is 2.21 bits per heavy atom. The van der Waals surface area contributed by atoms with E-state index in [0.717, 1.165) is 28.1 Å². The molecule has 0 aliphatic carbocycles. The van der Waals surface area contributed by atoms with Gasteiger partial charge in [0, 0.05) is 32.4 Å². The van der Waals surface area contributed by atoms with E-state index in [2.05, 4.69) is 133 Å². The smallest absolute Gasteiger partial charge is 0.0352 e. The van der Waals surface area contributed by atoms with E-state index in [0.29, 0.717) is 0 Å². The van der Waals surface area contributed by atoms with Crippen LogP contribution < -0.4 is 4.40 Å². The second-order valence-corrected chi connectivity index (χ2v) is 25.1. The van der Waals surface area contributed by atoms with E-state index in [-0.39, 0.29) is 26.0 Å². The van der Waals surface area contributed by atoms with E-state index < -0.39 is 19.2 Å². The molecule has 7 rings (SSSR count). The molecular weight excluding hydrogens is 841 g/mol. The minimum Gasteiger partial charge on any atom is -0.305 e. The first-order valence-electron chi connectivity index (χ1n) is 16.8. The molecule has 48 heavy (non-hydrogen) atoms. The van der Waals surface area contributed by atoms with Gasteiger partial charge in [-0.2, -0.15) is 11.3 Å². The normalized spacial score (nSPS) is 13.0. The molecule has 3 aromatic heterocycles. The van der Waals surface area contributed by atoms with Gasteiger partial charge in [0.1, 0.15) is 0 Å². The van der Waals surface area contributed by atoms with Crippen molar-refractivity contribution in [2.45, 2.75) is 50.9 Å². The Kier molecular flexibility index (Phi) is 11.1. The molecule has 0 aliphatic rings. The first-order chi connectivity index (χ1) is 22.9. The summed E-state index contributed by atoms with van der Waals surface area (Å²) in [4.78, 5) is 9.25. The first-order valence-corrected chi connectivity index (χ1v) is 24.4. The van der Waals surface area contributed by atoms with E-state index >= 15 is 0 Å². The Balaban J connectivity index is 0.000000221. The molecule has 3 heterocycles. The van der Waals surface area contributed by atoms with Crippen LogP contribution >= 0.6 is 11.3 Å². The van der Waals surface area contributed by atoms with E-state index in [1.165, 1.54) is 41.3 Å². The maximum Gasteiger partial charge on any atom is 0.0352 e. The Labute approximate surface area is 307 Å². The van der Waals surface area contributed by atoms with Crippen molar-refractivity contribution in [3.05, 3.63) is 139 Å². The minimum atomic E-state index is -1.77. The van der Waals surface area contributed by atoms with Gasteiger partial charge in [-0.15, -0.1) is 23.8 Å². The van der Waals surface area contributed by atoms with Crippen LogP contribution in [0, 0.1) is 25.0 Å². The van der Waals surface area contributed by atoms with Gasteiger partial charge in [-0.25, -0.2) is 0 Å². The third-order valence-electron chi connectivity index (χ3n) is 8.78. The molecule has 0 saturated heterocycles. The predicted molar refractivity (Wildman–Crippen MR) is 206 cm³/mol. The van der Waals surface area contributed by atoms with Crippen LogP contribution in [0.5, 0.6) is 0 Å². The summed E-state index contributed by atoms with van der Waals surface area (Å²) in [6, 6.07) is 42.2. The second kappa shape index (κ2) is 15.4. The van der Waals surface area contributed by atoms with Crippen molar-refractivity contribution in [2.24, 2.45) is 5.92 Å². The monoisotopic (exact) mass is 886 g/mol. The maximum absolute atomic E-state index is 8.80. The predicted octanol–water partition coefficient (Wildman–Crippen LogP) is 11.7. The number of benzene rings is 4. The zero-order chi connectivity index (χ0) is 34.1. The standard InChI is InChI=1S/C28H24NS.C15H18GeN.Ir/c1-18(2)19(3)21-14-15-29-26(16-21)25-11-7-10-24-23-13-12-22(17-27(23)30-28(24)25)20-8-5-4-6-9-20;1-12-10-15(13-8-6-5-7-9-13)17-11-14(12)16(2,3)4;/h4-10,12-19H,1-3H3;5-8,10-11H,1-4H3;/q2*-1;/i19D;;. The minimum absolute atomic E-state index is 0. The molecule has 0 amide bonds. The molecule has 0 saturated carbocycles. The third-order valence-corrected chi connectivity index (χ3v) is 14.5. The van der Waals surface area contributed by atoms with Crippen molar-refractivity contribution >= 4 is 49.2 Å². The summed E-state index contributed by atoms with van der Waals surface area (Å²) in [5.74, 6) is 6.76. The molecule has 245 valence electrons. The Morgan fingerprint density at radius 1 is 0.750 bits per heavy atom. The molecule has 0 bridgehead atoms. The zero-order valence-electron chi connectivity index (χ0n) is 29.7. The van der Waals surface area contributed by atoms with E-state index in [4.69, 9.17) is 1.37 Å². The summed E-state index contributed by atoms with van der Waals surface area (Å²) in [6.07, 6.45) is 3.90. The van der Waals surface area contributed by atoms with Crippen molar-refractivity contribution in [3.63, 3.8) is 0 Å². The fourth-order valence-corrected chi connectivity index (χ4v) is 10.8. The summed E-state index contributed by atoms with van der Waals surface area (Å²) in [5, 5.41) is 2.50. The number of rotatable bonds is 6. The van der Waals surface area contributed by atoms with Crippen LogP contribution in [0.25, 0.3) is 53.8 Å². The van der Waals surface area contributed by atoms with Crippen molar-refractivity contribution in [1.29, 1.82) is 0 Å². The SMILES string of the molecule is Cc1cc(-c2[c-]cccc2)nc[c]1[Ge]([CH3])([CH3])[CH3].[2H]C(C)(c1ccnc(-c2[c-]ccc3c2sc2cc(-c4ccccc4)ccc23)c1)C(C)C.[Ir]. The van der Waals surface area contributed by atoms with Gasteiger partial charge < -0.3 is 4.98 Å². The van der Waals surface area contributed by atoms with Gasteiger partial charge >= 0.3 is 106 Å². The number of pyridine rings is 2. The van der Waals surface area contributed by atoms with Gasteiger partial charge in [0.25, 0.3) is 0 Å². The Hall–Kier alpha value is -3.41. The van der Waals surface area contributed by atoms with E-state index in [1.807, 2.05) is 49.5 Å². The van der Waals surface area contributed by atoms with Gasteiger partial charge in [0.05, 0.1) is 0 Å². The van der Waals surface area contributed by atoms with E-state index in [9.17, 15) is 0 Å². The summed E-state index contributed by atoms with van der Waals surface area (Å²) >= 11 is 0.0209. The number of aromatic nitrogens is 2. The van der Waals surface area contributed by atoms with Crippen molar-refractivity contribution in [3.8, 4) is 33.6 Å². The quantitative estimate of drug-likeness (QED) is 0.123. The van der Waals surface area contributed by atoms with Crippen LogP contribution in [0.2, 0.25) is 17.3 Å². The molecule has 7 aromatic rings. The Morgan fingerprint density at radius 2 is 1.52 bits per heavy atom. The molecule has 0 fully saturated rings. The molecule has 1 unspecified atom stereocenters.